The maximum Gasteiger partial charge on any atom is 0.335 e. The molecule has 0 aliphatic carbocycles. The topological polar surface area (TPSA) is 74.6 Å². The van der Waals surface area contributed by atoms with Gasteiger partial charge in [-0.05, 0) is 47.2 Å². The Morgan fingerprint density at radius 1 is 0.818 bits per heavy atom. The molecule has 2 aromatic carbocycles. The van der Waals surface area contributed by atoms with E-state index in [1.165, 1.54) is 0 Å². The van der Waals surface area contributed by atoms with Crippen LogP contribution in [0.3, 0.4) is 0 Å². The summed E-state index contributed by atoms with van der Waals surface area (Å²) in [6.07, 6.45) is 0.735. The molecule has 114 valence electrons. The molecule has 2 N–H and O–H groups in total. The number of carbonyl (C=O) groups is 2. The van der Waals surface area contributed by atoms with Crippen LogP contribution in [-0.2, 0) is 11.8 Å². The Kier molecular flexibility index (Phi) is 4.31. The molecule has 0 bridgehead atoms. The van der Waals surface area contributed by atoms with Crippen LogP contribution in [0.15, 0.2) is 48.5 Å². The maximum atomic E-state index is 10.9. The minimum absolute atomic E-state index is 0.179. The van der Waals surface area contributed by atoms with Gasteiger partial charge in [0.25, 0.3) is 0 Å². The van der Waals surface area contributed by atoms with E-state index < -0.39 is 11.9 Å². The molecule has 0 fully saturated rings. The van der Waals surface area contributed by atoms with E-state index in [4.69, 9.17) is 10.2 Å². The summed E-state index contributed by atoms with van der Waals surface area (Å²) in [5, 5.41) is 17.8. The third kappa shape index (κ3) is 3.52. The first-order chi connectivity index (χ1) is 10.3. The molecule has 0 aromatic heterocycles. The van der Waals surface area contributed by atoms with Crippen LogP contribution >= 0.6 is 0 Å². The van der Waals surface area contributed by atoms with Crippen molar-refractivity contribution >= 4 is 11.9 Å². The Balaban J connectivity index is 2.19. The molecule has 0 radical (unpaired) electrons. The zero-order valence-corrected chi connectivity index (χ0v) is 12.5. The number of carboxylic acid groups (broad SMARTS) is 2. The highest BCUT2D eigenvalue weighted by atomic mass is 16.4. The maximum absolute atomic E-state index is 10.9. The first-order valence-corrected chi connectivity index (χ1v) is 6.96. The molecule has 0 atom stereocenters. The van der Waals surface area contributed by atoms with Gasteiger partial charge in [-0.15, -0.1) is 0 Å². The molecule has 0 amide bonds. The predicted octanol–water partition coefficient (Wildman–Crippen LogP) is 3.60. The van der Waals surface area contributed by atoms with Crippen LogP contribution in [-0.4, -0.2) is 22.2 Å². The molecule has 22 heavy (non-hydrogen) atoms. The predicted molar refractivity (Wildman–Crippen MR) is 83.5 cm³/mol. The summed E-state index contributed by atoms with van der Waals surface area (Å²) in [5.41, 5.74) is 2.44. The molecular weight excluding hydrogens is 280 g/mol. The molecule has 0 saturated carbocycles. The first-order valence-electron chi connectivity index (χ1n) is 6.96. The van der Waals surface area contributed by atoms with E-state index in [9.17, 15) is 9.59 Å². The van der Waals surface area contributed by atoms with Crippen LogP contribution in [0.25, 0.3) is 0 Å². The fraction of sp³-hybridized carbons (Fsp3) is 0.222. The molecule has 0 aliphatic heterocycles. The van der Waals surface area contributed by atoms with Crippen LogP contribution in [0.2, 0.25) is 0 Å². The lowest BCUT2D eigenvalue weighted by atomic mass is 9.79. The van der Waals surface area contributed by atoms with Crippen molar-refractivity contribution in [1.82, 2.24) is 0 Å². The van der Waals surface area contributed by atoms with Gasteiger partial charge in [0.2, 0.25) is 0 Å². The molecule has 2 aromatic rings. The second kappa shape index (κ2) is 6.02. The molecule has 0 spiro atoms. The van der Waals surface area contributed by atoms with Gasteiger partial charge in [0.1, 0.15) is 0 Å². The van der Waals surface area contributed by atoms with E-state index in [0.717, 1.165) is 17.5 Å². The fourth-order valence-electron chi connectivity index (χ4n) is 2.44. The van der Waals surface area contributed by atoms with Crippen molar-refractivity contribution in [3.63, 3.8) is 0 Å². The second-order valence-corrected chi connectivity index (χ2v) is 5.95. The zero-order valence-electron chi connectivity index (χ0n) is 12.5. The third-order valence-electron chi connectivity index (χ3n) is 3.76. The number of aromatic carboxylic acids is 2. The SMILES string of the molecule is CC(C)(Cc1ccc(C(=O)O)cc1)c1ccc(C(=O)O)cc1. The van der Waals surface area contributed by atoms with E-state index in [1.807, 2.05) is 24.3 Å². The highest BCUT2D eigenvalue weighted by molar-refractivity contribution is 5.88. The zero-order chi connectivity index (χ0) is 16.3. The Bertz CT molecular complexity index is 682. The van der Waals surface area contributed by atoms with Gasteiger partial charge in [0.05, 0.1) is 11.1 Å². The summed E-state index contributed by atoms with van der Waals surface area (Å²) in [4.78, 5) is 21.7. The Morgan fingerprint density at radius 2 is 1.23 bits per heavy atom. The summed E-state index contributed by atoms with van der Waals surface area (Å²) < 4.78 is 0. The lowest BCUT2D eigenvalue weighted by Crippen LogP contribution is -2.20. The molecule has 0 saturated heterocycles. The number of benzene rings is 2. The van der Waals surface area contributed by atoms with Crippen molar-refractivity contribution in [3.8, 4) is 0 Å². The summed E-state index contributed by atoms with van der Waals surface area (Å²) in [7, 11) is 0. The summed E-state index contributed by atoms with van der Waals surface area (Å²) >= 11 is 0. The monoisotopic (exact) mass is 298 g/mol. The van der Waals surface area contributed by atoms with Gasteiger partial charge in [-0.1, -0.05) is 38.1 Å². The van der Waals surface area contributed by atoms with Gasteiger partial charge in [0, 0.05) is 0 Å². The highest BCUT2D eigenvalue weighted by Gasteiger charge is 2.21. The number of rotatable bonds is 5. The number of hydrogen-bond donors (Lipinski definition) is 2. The summed E-state index contributed by atoms with van der Waals surface area (Å²) in [5.74, 6) is -1.87. The normalized spacial score (nSPS) is 11.2. The Labute approximate surface area is 129 Å². The number of hydrogen-bond acceptors (Lipinski definition) is 2. The van der Waals surface area contributed by atoms with E-state index in [0.29, 0.717) is 0 Å². The molecule has 4 nitrogen and oxygen atoms in total. The minimum Gasteiger partial charge on any atom is -0.478 e. The van der Waals surface area contributed by atoms with Gasteiger partial charge in [-0.3, -0.25) is 0 Å². The smallest absolute Gasteiger partial charge is 0.335 e. The van der Waals surface area contributed by atoms with Crippen LogP contribution in [0, 0.1) is 0 Å². The van der Waals surface area contributed by atoms with Crippen molar-refractivity contribution in [2.24, 2.45) is 0 Å². The van der Waals surface area contributed by atoms with Gasteiger partial charge in [-0.2, -0.15) is 0 Å². The standard InChI is InChI=1S/C18H18O4/c1-18(2,15-9-7-14(8-10-15)17(21)22)11-12-3-5-13(6-4-12)16(19)20/h3-10H,11H2,1-2H3,(H,19,20)(H,21,22). The Morgan fingerprint density at radius 3 is 1.64 bits per heavy atom. The van der Waals surface area contributed by atoms with Crippen LogP contribution < -0.4 is 0 Å². The van der Waals surface area contributed by atoms with Crippen LogP contribution in [0.1, 0.15) is 45.7 Å². The van der Waals surface area contributed by atoms with E-state index in [1.54, 1.807) is 24.3 Å². The number of carboxylic acids is 2. The Hall–Kier alpha value is -2.62. The average Bonchev–Trinajstić information content (AvgIpc) is 2.47. The fourth-order valence-corrected chi connectivity index (χ4v) is 2.44. The summed E-state index contributed by atoms with van der Waals surface area (Å²) in [6.45, 7) is 4.15. The van der Waals surface area contributed by atoms with Gasteiger partial charge in [0.15, 0.2) is 0 Å². The van der Waals surface area contributed by atoms with E-state index in [2.05, 4.69) is 13.8 Å². The van der Waals surface area contributed by atoms with Crippen molar-refractivity contribution < 1.29 is 19.8 Å². The first kappa shape index (κ1) is 15.8. The van der Waals surface area contributed by atoms with Crippen molar-refractivity contribution in [1.29, 1.82) is 0 Å². The third-order valence-corrected chi connectivity index (χ3v) is 3.76. The van der Waals surface area contributed by atoms with Crippen molar-refractivity contribution in [3.05, 3.63) is 70.8 Å². The lowest BCUT2D eigenvalue weighted by molar-refractivity contribution is 0.0686. The molecule has 0 aliphatic rings. The van der Waals surface area contributed by atoms with Crippen molar-refractivity contribution in [2.75, 3.05) is 0 Å². The highest BCUT2D eigenvalue weighted by Crippen LogP contribution is 2.28. The lowest BCUT2D eigenvalue weighted by Gasteiger charge is -2.25. The second-order valence-electron chi connectivity index (χ2n) is 5.95. The average molecular weight is 298 g/mol. The van der Waals surface area contributed by atoms with Gasteiger partial charge < -0.3 is 10.2 Å². The van der Waals surface area contributed by atoms with E-state index in [-0.39, 0.29) is 16.5 Å². The van der Waals surface area contributed by atoms with Crippen molar-refractivity contribution in [2.45, 2.75) is 25.7 Å². The molecular formula is C18H18O4. The van der Waals surface area contributed by atoms with E-state index >= 15 is 0 Å². The summed E-state index contributed by atoms with van der Waals surface area (Å²) in [6, 6.07) is 13.7. The quantitative estimate of drug-likeness (QED) is 0.884. The largest absolute Gasteiger partial charge is 0.478 e. The van der Waals surface area contributed by atoms with Gasteiger partial charge >= 0.3 is 11.9 Å². The molecule has 0 heterocycles. The molecule has 0 unspecified atom stereocenters. The van der Waals surface area contributed by atoms with Crippen LogP contribution in [0.4, 0.5) is 0 Å². The molecule has 2 rings (SSSR count). The molecule has 4 heteroatoms. The minimum atomic E-state index is -0.936. The van der Waals surface area contributed by atoms with Gasteiger partial charge in [-0.25, -0.2) is 9.59 Å². The van der Waals surface area contributed by atoms with Crippen LogP contribution in [0.5, 0.6) is 0 Å².